The topological polar surface area (TPSA) is 38.3 Å². The molecule has 1 saturated heterocycles. The van der Waals surface area contributed by atoms with Gasteiger partial charge < -0.3 is 10.1 Å². The van der Waals surface area contributed by atoms with Crippen LogP contribution >= 0.6 is 0 Å². The van der Waals surface area contributed by atoms with Crippen LogP contribution in [0, 0.1) is 0 Å². The van der Waals surface area contributed by atoms with Gasteiger partial charge in [-0.15, -0.1) is 0 Å². The van der Waals surface area contributed by atoms with Crippen molar-refractivity contribution in [2.24, 2.45) is 0 Å². The summed E-state index contributed by atoms with van der Waals surface area (Å²) in [6, 6.07) is 0. The zero-order chi connectivity index (χ0) is 10.5. The minimum atomic E-state index is -2.88. The molecule has 0 aromatic rings. The molecule has 3 heteroatoms. The van der Waals surface area contributed by atoms with Gasteiger partial charge in [0.15, 0.2) is 0 Å². The summed E-state index contributed by atoms with van der Waals surface area (Å²) in [5.41, 5.74) is 0. The SMILES string of the molecule is [2H]C1([2H])OC([2H])([2H])C([2H])([2H])NC1=O. The molecule has 0 aliphatic carbocycles. The summed E-state index contributed by atoms with van der Waals surface area (Å²) < 4.78 is 45.8. The van der Waals surface area contributed by atoms with E-state index < -0.39 is 25.5 Å². The van der Waals surface area contributed by atoms with Crippen molar-refractivity contribution < 1.29 is 17.8 Å². The Balaban J connectivity index is 3.00. The quantitative estimate of drug-likeness (QED) is 0.437. The van der Waals surface area contributed by atoms with Crippen molar-refractivity contribution >= 4 is 5.91 Å². The predicted octanol–water partition coefficient (Wildman–Crippen LogP) is -0.867. The highest BCUT2D eigenvalue weighted by molar-refractivity contribution is 5.77. The smallest absolute Gasteiger partial charge is 0.246 e. The van der Waals surface area contributed by atoms with Gasteiger partial charge in [-0.2, -0.15) is 0 Å². The number of amides is 1. The van der Waals surface area contributed by atoms with Crippen LogP contribution in [0.25, 0.3) is 0 Å². The summed E-state index contributed by atoms with van der Waals surface area (Å²) in [6.07, 6.45) is 0. The van der Waals surface area contributed by atoms with Crippen LogP contribution < -0.4 is 5.32 Å². The summed E-state index contributed by atoms with van der Waals surface area (Å²) in [5.74, 6) is -1.33. The highest BCUT2D eigenvalue weighted by Gasteiger charge is 2.04. The van der Waals surface area contributed by atoms with E-state index in [1.165, 1.54) is 0 Å². The van der Waals surface area contributed by atoms with Crippen LogP contribution in [0.3, 0.4) is 0 Å². The largest absolute Gasteiger partial charge is 0.370 e. The van der Waals surface area contributed by atoms with E-state index in [4.69, 9.17) is 8.22 Å². The van der Waals surface area contributed by atoms with Crippen LogP contribution in [0.15, 0.2) is 0 Å². The van der Waals surface area contributed by atoms with E-state index in [0.29, 0.717) is 0 Å². The summed E-state index contributed by atoms with van der Waals surface area (Å²) in [7, 11) is 0. The lowest BCUT2D eigenvalue weighted by molar-refractivity contribution is -0.128. The molecule has 1 rings (SSSR count). The number of rotatable bonds is 0. The number of hydrogen-bond donors (Lipinski definition) is 1. The van der Waals surface area contributed by atoms with Gasteiger partial charge in [-0.1, -0.05) is 0 Å². The Morgan fingerprint density at radius 1 is 2.00 bits per heavy atom. The predicted molar refractivity (Wildman–Crippen MR) is 23.8 cm³/mol. The van der Waals surface area contributed by atoms with Gasteiger partial charge in [0.25, 0.3) is 0 Å². The first-order valence-corrected chi connectivity index (χ1v) is 1.61. The lowest BCUT2D eigenvalue weighted by atomic mass is 10.5. The normalized spacial score (nSPS) is 55.7. The van der Waals surface area contributed by atoms with E-state index in [2.05, 4.69) is 4.74 Å². The number of morpholine rings is 1. The minimum Gasteiger partial charge on any atom is -0.370 e. The van der Waals surface area contributed by atoms with E-state index in [-0.39, 0.29) is 0 Å². The molecule has 0 bridgehead atoms. The molecular formula is C4H7NO2. The maximum absolute atomic E-state index is 10.8. The average Bonchev–Trinajstić information content (AvgIpc) is 1.80. The first-order chi connectivity index (χ1) is 5.58. The molecule has 0 unspecified atom stereocenters. The molecule has 3 nitrogen and oxygen atoms in total. The van der Waals surface area contributed by atoms with Crippen LogP contribution in [0.4, 0.5) is 0 Å². The van der Waals surface area contributed by atoms with E-state index in [1.54, 1.807) is 5.32 Å². The molecule has 1 aliphatic rings. The third-order valence-electron chi connectivity index (χ3n) is 0.422. The first-order valence-electron chi connectivity index (χ1n) is 4.61. The van der Waals surface area contributed by atoms with Crippen LogP contribution in [0.5, 0.6) is 0 Å². The highest BCUT2D eigenvalue weighted by atomic mass is 16.5. The first kappa shape index (κ1) is 1.23. The Morgan fingerprint density at radius 3 is 3.57 bits per heavy atom. The summed E-state index contributed by atoms with van der Waals surface area (Å²) in [4.78, 5) is 10.8. The zero-order valence-electron chi connectivity index (χ0n) is 9.32. The molecule has 1 fully saturated rings. The van der Waals surface area contributed by atoms with Crippen molar-refractivity contribution in [3.63, 3.8) is 0 Å². The van der Waals surface area contributed by atoms with E-state index in [1.807, 2.05) is 0 Å². The lowest BCUT2D eigenvalue weighted by Gasteiger charge is -2.10. The van der Waals surface area contributed by atoms with Gasteiger partial charge >= 0.3 is 0 Å². The third kappa shape index (κ3) is 1.16. The Kier molecular flexibility index (Phi) is 0.338. The van der Waals surface area contributed by atoms with Crippen LogP contribution in [0.2, 0.25) is 0 Å². The number of hydrogen-bond acceptors (Lipinski definition) is 2. The molecule has 40 valence electrons. The third-order valence-corrected chi connectivity index (χ3v) is 0.422. The molecule has 0 aromatic carbocycles. The van der Waals surface area contributed by atoms with E-state index in [9.17, 15) is 4.79 Å². The van der Waals surface area contributed by atoms with Gasteiger partial charge in [-0.3, -0.25) is 4.79 Å². The monoisotopic (exact) mass is 107 g/mol. The summed E-state index contributed by atoms with van der Waals surface area (Å²) in [6.45, 7) is -8.45. The summed E-state index contributed by atoms with van der Waals surface area (Å²) >= 11 is 0. The fourth-order valence-electron chi connectivity index (χ4n) is 0.205. The van der Waals surface area contributed by atoms with Crippen molar-refractivity contribution in [1.29, 1.82) is 0 Å². The molecule has 1 aliphatic heterocycles. The zero-order valence-corrected chi connectivity index (χ0v) is 3.32. The number of carbonyl (C=O) groups is 1. The molecule has 0 atom stereocenters. The van der Waals surface area contributed by atoms with Crippen LogP contribution in [-0.2, 0) is 9.53 Å². The van der Waals surface area contributed by atoms with E-state index in [0.717, 1.165) is 0 Å². The minimum absolute atomic E-state index is 1.33. The Morgan fingerprint density at radius 2 is 2.86 bits per heavy atom. The molecule has 7 heavy (non-hydrogen) atoms. The second kappa shape index (κ2) is 1.93. The van der Waals surface area contributed by atoms with Crippen LogP contribution in [0.1, 0.15) is 8.22 Å². The van der Waals surface area contributed by atoms with Gasteiger partial charge in [-0.05, 0) is 0 Å². The van der Waals surface area contributed by atoms with Gasteiger partial charge in [-0.25, -0.2) is 0 Å². The maximum Gasteiger partial charge on any atom is 0.246 e. The molecule has 1 amide bonds. The molecule has 1 heterocycles. The molecule has 0 radical (unpaired) electrons. The Labute approximate surface area is 50.1 Å². The second-order valence-electron chi connectivity index (χ2n) is 0.885. The number of carbonyl (C=O) groups excluding carboxylic acids is 1. The number of ether oxygens (including phenoxy) is 1. The standard InChI is InChI=1S/C4H7NO2/c6-4-3-7-2-1-5-4/h1-3H2,(H,5,6)/i1D2,2D2,3D2. The Hall–Kier alpha value is -0.570. The van der Waals surface area contributed by atoms with Crippen LogP contribution in [-0.4, -0.2) is 25.5 Å². The van der Waals surface area contributed by atoms with Gasteiger partial charge in [0.1, 0.15) is 6.56 Å². The average molecular weight is 107 g/mol. The van der Waals surface area contributed by atoms with Gasteiger partial charge in [0.2, 0.25) is 5.91 Å². The van der Waals surface area contributed by atoms with Gasteiger partial charge in [0, 0.05) is 6.50 Å². The van der Waals surface area contributed by atoms with Crippen molar-refractivity contribution in [2.45, 2.75) is 0 Å². The molecule has 0 saturated carbocycles. The van der Waals surface area contributed by atoms with Gasteiger partial charge in [0.05, 0.1) is 14.8 Å². The molecule has 1 N–H and O–H groups in total. The van der Waals surface area contributed by atoms with E-state index >= 15 is 0 Å². The van der Waals surface area contributed by atoms with Crippen molar-refractivity contribution in [3.8, 4) is 0 Å². The van der Waals surface area contributed by atoms with Crippen molar-refractivity contribution in [2.75, 3.05) is 19.6 Å². The molecule has 0 spiro atoms. The highest BCUT2D eigenvalue weighted by Crippen LogP contribution is 1.79. The number of nitrogens with one attached hydrogen (secondary N) is 1. The summed E-state index contributed by atoms with van der Waals surface area (Å²) in [5, 5.41) is 1.56. The molecular weight excluding hydrogens is 94.0 g/mol. The van der Waals surface area contributed by atoms with Crippen molar-refractivity contribution in [1.82, 2.24) is 5.32 Å². The molecule has 0 aromatic heterocycles. The fourth-order valence-corrected chi connectivity index (χ4v) is 0.205. The maximum atomic E-state index is 10.8. The van der Waals surface area contributed by atoms with Crippen molar-refractivity contribution in [3.05, 3.63) is 0 Å². The second-order valence-corrected chi connectivity index (χ2v) is 0.885. The lowest BCUT2D eigenvalue weighted by Crippen LogP contribution is -2.36. The fraction of sp³-hybridized carbons (Fsp3) is 0.750. The Bertz CT molecular complexity index is 251.